The van der Waals surface area contributed by atoms with E-state index in [2.05, 4.69) is 0 Å². The molecular weight excluding hydrogens is 265 g/mol. The quantitative estimate of drug-likeness (QED) is 0.803. The summed E-state index contributed by atoms with van der Waals surface area (Å²) in [5.74, 6) is -0.307. The normalized spacial score (nSPS) is 19.9. The van der Waals surface area contributed by atoms with Crippen LogP contribution in [0, 0.1) is 5.82 Å². The third-order valence-corrected chi connectivity index (χ3v) is 4.34. The molecule has 1 aromatic heterocycles. The van der Waals surface area contributed by atoms with E-state index in [-0.39, 0.29) is 17.8 Å². The molecule has 0 spiro atoms. The van der Waals surface area contributed by atoms with Crippen molar-refractivity contribution in [2.45, 2.75) is 13.0 Å². The smallest absolute Gasteiger partial charge is 0.264 e. The Hall–Kier alpha value is -1.46. The molecule has 3 nitrogen and oxygen atoms in total. The second kappa shape index (κ2) is 4.90. The van der Waals surface area contributed by atoms with Crippen LogP contribution < -0.4 is 0 Å². The molecule has 1 aliphatic rings. The van der Waals surface area contributed by atoms with Gasteiger partial charge in [-0.05, 0) is 25.1 Å². The number of hydrogen-bond acceptors (Lipinski definition) is 3. The minimum atomic E-state index is -0.275. The average Bonchev–Trinajstić information content (AvgIpc) is 2.83. The van der Waals surface area contributed by atoms with Gasteiger partial charge < -0.3 is 9.64 Å². The van der Waals surface area contributed by atoms with Crippen LogP contribution in [-0.2, 0) is 4.74 Å². The first-order valence-corrected chi connectivity index (χ1v) is 7.06. The zero-order valence-electron chi connectivity index (χ0n) is 10.6. The van der Waals surface area contributed by atoms with E-state index in [4.69, 9.17) is 4.74 Å². The van der Waals surface area contributed by atoms with Crippen LogP contribution in [0.3, 0.4) is 0 Å². The lowest BCUT2D eigenvalue weighted by atomic mass is 10.2. The Labute approximate surface area is 114 Å². The molecule has 1 aliphatic heterocycles. The fourth-order valence-corrected chi connectivity index (χ4v) is 3.33. The van der Waals surface area contributed by atoms with Crippen LogP contribution in [0.25, 0.3) is 10.1 Å². The van der Waals surface area contributed by atoms with Gasteiger partial charge in [-0.15, -0.1) is 11.3 Å². The molecule has 1 aromatic carbocycles. The SMILES string of the molecule is CC1CN(C(=O)c2cc3c(F)cccc3s2)CCO1. The van der Waals surface area contributed by atoms with E-state index in [9.17, 15) is 9.18 Å². The van der Waals surface area contributed by atoms with E-state index < -0.39 is 0 Å². The number of carbonyl (C=O) groups is 1. The second-order valence-electron chi connectivity index (χ2n) is 4.69. The van der Waals surface area contributed by atoms with Gasteiger partial charge in [0.25, 0.3) is 5.91 Å². The van der Waals surface area contributed by atoms with Crippen molar-refractivity contribution in [3.05, 3.63) is 35.0 Å². The van der Waals surface area contributed by atoms with Gasteiger partial charge in [0.2, 0.25) is 0 Å². The summed E-state index contributed by atoms with van der Waals surface area (Å²) in [6, 6.07) is 6.57. The number of rotatable bonds is 1. The highest BCUT2D eigenvalue weighted by atomic mass is 32.1. The summed E-state index contributed by atoms with van der Waals surface area (Å²) in [5, 5.41) is 0.525. The summed E-state index contributed by atoms with van der Waals surface area (Å²) in [4.78, 5) is 14.8. The van der Waals surface area contributed by atoms with Crippen LogP contribution in [0.4, 0.5) is 4.39 Å². The maximum absolute atomic E-state index is 13.6. The molecule has 100 valence electrons. The van der Waals surface area contributed by atoms with Crippen LogP contribution >= 0.6 is 11.3 Å². The van der Waals surface area contributed by atoms with Gasteiger partial charge in [-0.3, -0.25) is 4.79 Å². The number of benzene rings is 1. The standard InChI is InChI=1S/C14H14FNO2S/c1-9-8-16(5-6-18-9)14(17)13-7-10-11(15)3-2-4-12(10)19-13/h2-4,7,9H,5-6,8H2,1H3. The number of ether oxygens (including phenoxy) is 1. The van der Waals surface area contributed by atoms with Gasteiger partial charge in [-0.1, -0.05) is 6.07 Å². The molecular formula is C14H14FNO2S. The first-order valence-electron chi connectivity index (χ1n) is 6.24. The lowest BCUT2D eigenvalue weighted by Gasteiger charge is -2.30. The van der Waals surface area contributed by atoms with E-state index >= 15 is 0 Å². The molecule has 3 rings (SSSR count). The van der Waals surface area contributed by atoms with E-state index in [1.807, 2.05) is 13.0 Å². The molecule has 0 aliphatic carbocycles. The summed E-state index contributed by atoms with van der Waals surface area (Å²) >= 11 is 1.34. The molecule has 1 fully saturated rings. The van der Waals surface area contributed by atoms with E-state index in [1.165, 1.54) is 17.4 Å². The van der Waals surface area contributed by atoms with Crippen molar-refractivity contribution >= 4 is 27.3 Å². The number of fused-ring (bicyclic) bond motifs is 1. The van der Waals surface area contributed by atoms with Crippen LogP contribution in [-0.4, -0.2) is 36.6 Å². The molecule has 5 heteroatoms. The fraction of sp³-hybridized carbons (Fsp3) is 0.357. The lowest BCUT2D eigenvalue weighted by molar-refractivity contribution is -0.0122. The summed E-state index contributed by atoms with van der Waals surface area (Å²) in [5.41, 5.74) is 0. The van der Waals surface area contributed by atoms with Crippen LogP contribution in [0.2, 0.25) is 0 Å². The van der Waals surface area contributed by atoms with Gasteiger partial charge in [0.1, 0.15) is 5.82 Å². The maximum atomic E-state index is 13.6. The minimum Gasteiger partial charge on any atom is -0.375 e. The van der Waals surface area contributed by atoms with Crippen molar-refractivity contribution in [3.63, 3.8) is 0 Å². The number of halogens is 1. The van der Waals surface area contributed by atoms with E-state index in [0.717, 1.165) is 4.70 Å². The second-order valence-corrected chi connectivity index (χ2v) is 5.78. The zero-order chi connectivity index (χ0) is 13.4. The molecule has 0 saturated carbocycles. The molecule has 1 unspecified atom stereocenters. The Morgan fingerprint density at radius 3 is 3.11 bits per heavy atom. The highest BCUT2D eigenvalue weighted by Gasteiger charge is 2.24. The number of hydrogen-bond donors (Lipinski definition) is 0. The Kier molecular flexibility index (Phi) is 3.24. The summed E-state index contributed by atoms with van der Waals surface area (Å²) < 4.78 is 19.9. The number of amides is 1. The van der Waals surface area contributed by atoms with E-state index in [1.54, 1.807) is 17.0 Å². The molecule has 2 heterocycles. The number of thiophene rings is 1. The minimum absolute atomic E-state index is 0.0317. The summed E-state index contributed by atoms with van der Waals surface area (Å²) in [6.07, 6.45) is 0.0591. The molecule has 1 amide bonds. The highest BCUT2D eigenvalue weighted by Crippen LogP contribution is 2.28. The number of morpholine rings is 1. The average molecular weight is 279 g/mol. The van der Waals surface area contributed by atoms with Crippen LogP contribution in [0.5, 0.6) is 0 Å². The number of carbonyl (C=O) groups excluding carboxylic acids is 1. The van der Waals surface area contributed by atoms with Gasteiger partial charge in [-0.25, -0.2) is 4.39 Å². The van der Waals surface area contributed by atoms with Crippen molar-refractivity contribution in [2.75, 3.05) is 19.7 Å². The van der Waals surface area contributed by atoms with Crippen molar-refractivity contribution in [3.8, 4) is 0 Å². The number of nitrogens with zero attached hydrogens (tertiary/aromatic N) is 1. The maximum Gasteiger partial charge on any atom is 0.264 e. The first-order chi connectivity index (χ1) is 9.15. The molecule has 0 radical (unpaired) electrons. The van der Waals surface area contributed by atoms with Gasteiger partial charge in [-0.2, -0.15) is 0 Å². The summed E-state index contributed by atoms with van der Waals surface area (Å²) in [7, 11) is 0. The van der Waals surface area contributed by atoms with Crippen molar-refractivity contribution in [1.29, 1.82) is 0 Å². The van der Waals surface area contributed by atoms with Crippen LogP contribution in [0.1, 0.15) is 16.6 Å². The highest BCUT2D eigenvalue weighted by molar-refractivity contribution is 7.20. The summed E-state index contributed by atoms with van der Waals surface area (Å²) in [6.45, 7) is 3.70. The topological polar surface area (TPSA) is 29.5 Å². The molecule has 2 aromatic rings. The van der Waals surface area contributed by atoms with Crippen molar-refractivity contribution in [2.24, 2.45) is 0 Å². The van der Waals surface area contributed by atoms with Gasteiger partial charge in [0.05, 0.1) is 17.6 Å². The van der Waals surface area contributed by atoms with E-state index in [0.29, 0.717) is 30.0 Å². The van der Waals surface area contributed by atoms with Crippen molar-refractivity contribution in [1.82, 2.24) is 4.90 Å². The largest absolute Gasteiger partial charge is 0.375 e. The van der Waals surface area contributed by atoms with Gasteiger partial charge >= 0.3 is 0 Å². The Balaban J connectivity index is 1.91. The van der Waals surface area contributed by atoms with Crippen LogP contribution in [0.15, 0.2) is 24.3 Å². The third-order valence-electron chi connectivity index (χ3n) is 3.25. The predicted molar refractivity (Wildman–Crippen MR) is 73.1 cm³/mol. The Morgan fingerprint density at radius 1 is 1.53 bits per heavy atom. The molecule has 0 bridgehead atoms. The van der Waals surface area contributed by atoms with Crippen molar-refractivity contribution < 1.29 is 13.9 Å². The first kappa shape index (κ1) is 12.6. The lowest BCUT2D eigenvalue weighted by Crippen LogP contribution is -2.44. The monoisotopic (exact) mass is 279 g/mol. The molecule has 0 N–H and O–H groups in total. The third kappa shape index (κ3) is 2.35. The molecule has 1 saturated heterocycles. The predicted octanol–water partition coefficient (Wildman–Crippen LogP) is 2.90. The van der Waals surface area contributed by atoms with Gasteiger partial charge in [0, 0.05) is 23.2 Å². The fourth-order valence-electron chi connectivity index (χ4n) is 2.29. The zero-order valence-corrected chi connectivity index (χ0v) is 11.4. The Bertz CT molecular complexity index is 625. The molecule has 1 atom stereocenters. The van der Waals surface area contributed by atoms with Gasteiger partial charge in [0.15, 0.2) is 0 Å². The molecule has 19 heavy (non-hydrogen) atoms. The Morgan fingerprint density at radius 2 is 2.37 bits per heavy atom.